The fourth-order valence-electron chi connectivity index (χ4n) is 1.75. The van der Waals surface area contributed by atoms with Crippen LogP contribution < -0.4 is 0 Å². The van der Waals surface area contributed by atoms with Crippen LogP contribution in [0.5, 0.6) is 0 Å². The lowest BCUT2D eigenvalue weighted by molar-refractivity contribution is -0.137. The molecule has 1 rings (SSSR count). The molecule has 0 N–H and O–H groups in total. The van der Waals surface area contributed by atoms with Gasteiger partial charge in [-0.25, -0.2) is 0 Å². The van der Waals surface area contributed by atoms with Crippen LogP contribution in [0.25, 0.3) is 0 Å². The van der Waals surface area contributed by atoms with Crippen molar-refractivity contribution in [1.29, 1.82) is 0 Å². The maximum Gasteiger partial charge on any atom is 0.416 e. The summed E-state index contributed by atoms with van der Waals surface area (Å²) in [5.74, 6) is -0.00578. The SMILES string of the molecule is C[C@H](S[C@H](C)C(=O)N(C)C)c1ccc(C(F)(F)F)cc1. The molecule has 1 amide bonds. The fraction of sp³-hybridized carbons (Fsp3) is 0.500. The smallest absolute Gasteiger partial charge is 0.348 e. The number of carbonyl (C=O) groups is 1. The van der Waals surface area contributed by atoms with Crippen LogP contribution >= 0.6 is 11.8 Å². The van der Waals surface area contributed by atoms with Gasteiger partial charge in [-0.3, -0.25) is 4.79 Å². The van der Waals surface area contributed by atoms with Gasteiger partial charge in [0, 0.05) is 19.3 Å². The van der Waals surface area contributed by atoms with E-state index in [-0.39, 0.29) is 16.4 Å². The molecular formula is C14H18F3NOS. The van der Waals surface area contributed by atoms with Crippen LogP contribution in [0.2, 0.25) is 0 Å². The van der Waals surface area contributed by atoms with Gasteiger partial charge in [-0.05, 0) is 31.5 Å². The summed E-state index contributed by atoms with van der Waals surface area (Å²) in [5, 5.41) is -0.279. The maximum absolute atomic E-state index is 12.5. The molecule has 0 saturated heterocycles. The molecule has 1 aromatic rings. The second-order valence-corrected chi connectivity index (χ2v) is 6.46. The molecule has 6 heteroatoms. The first-order valence-corrected chi connectivity index (χ1v) is 7.11. The van der Waals surface area contributed by atoms with Crippen molar-refractivity contribution < 1.29 is 18.0 Å². The highest BCUT2D eigenvalue weighted by Crippen LogP contribution is 2.34. The summed E-state index contributed by atoms with van der Waals surface area (Å²) in [6.07, 6.45) is -4.32. The van der Waals surface area contributed by atoms with Gasteiger partial charge in [-0.15, -0.1) is 11.8 Å². The molecule has 0 unspecified atom stereocenters. The van der Waals surface area contributed by atoms with Crippen molar-refractivity contribution in [3.05, 3.63) is 35.4 Å². The molecule has 0 bridgehead atoms. The normalized spacial score (nSPS) is 14.8. The van der Waals surface area contributed by atoms with E-state index in [1.54, 1.807) is 21.0 Å². The molecule has 1 aromatic carbocycles. The lowest BCUT2D eigenvalue weighted by atomic mass is 10.1. The first-order valence-electron chi connectivity index (χ1n) is 6.16. The summed E-state index contributed by atoms with van der Waals surface area (Å²) in [7, 11) is 3.37. The van der Waals surface area contributed by atoms with Crippen LogP contribution in [0.3, 0.4) is 0 Å². The van der Waals surface area contributed by atoms with Gasteiger partial charge in [0.05, 0.1) is 10.8 Å². The quantitative estimate of drug-likeness (QED) is 0.838. The predicted octanol–water partition coefficient (Wildman–Crippen LogP) is 3.98. The maximum atomic E-state index is 12.5. The zero-order valence-electron chi connectivity index (χ0n) is 11.9. The minimum absolute atomic E-state index is 0.00578. The molecule has 0 heterocycles. The molecule has 2 atom stereocenters. The number of nitrogens with zero attached hydrogens (tertiary/aromatic N) is 1. The molecule has 20 heavy (non-hydrogen) atoms. The van der Waals surface area contributed by atoms with Crippen molar-refractivity contribution in [2.24, 2.45) is 0 Å². The number of halogens is 3. The number of benzene rings is 1. The highest BCUT2D eigenvalue weighted by Gasteiger charge is 2.30. The van der Waals surface area contributed by atoms with E-state index < -0.39 is 11.7 Å². The summed E-state index contributed by atoms with van der Waals surface area (Å²) in [6.45, 7) is 3.68. The highest BCUT2D eigenvalue weighted by atomic mass is 32.2. The first-order chi connectivity index (χ1) is 9.12. The van der Waals surface area contributed by atoms with Crippen LogP contribution in [-0.2, 0) is 11.0 Å². The van der Waals surface area contributed by atoms with E-state index in [9.17, 15) is 18.0 Å². The number of thioether (sulfide) groups is 1. The Hall–Kier alpha value is -1.17. The van der Waals surface area contributed by atoms with E-state index in [4.69, 9.17) is 0 Å². The molecule has 2 nitrogen and oxygen atoms in total. The van der Waals surface area contributed by atoms with Crippen molar-refractivity contribution in [3.63, 3.8) is 0 Å². The van der Waals surface area contributed by atoms with E-state index in [2.05, 4.69) is 0 Å². The molecule has 0 spiro atoms. The molecular weight excluding hydrogens is 287 g/mol. The van der Waals surface area contributed by atoms with Gasteiger partial charge in [-0.1, -0.05) is 12.1 Å². The minimum Gasteiger partial charge on any atom is -0.348 e. The lowest BCUT2D eigenvalue weighted by Gasteiger charge is -2.20. The van der Waals surface area contributed by atoms with Gasteiger partial charge < -0.3 is 4.90 Å². The second-order valence-electron chi connectivity index (χ2n) is 4.77. The third-order valence-corrected chi connectivity index (χ3v) is 4.19. The number of alkyl halides is 3. The van der Waals surface area contributed by atoms with Crippen LogP contribution in [0.15, 0.2) is 24.3 Å². The van der Waals surface area contributed by atoms with Gasteiger partial charge in [-0.2, -0.15) is 13.2 Å². The topological polar surface area (TPSA) is 20.3 Å². The predicted molar refractivity (Wildman–Crippen MR) is 75.6 cm³/mol. The van der Waals surface area contributed by atoms with Crippen molar-refractivity contribution in [2.75, 3.05) is 14.1 Å². The monoisotopic (exact) mass is 305 g/mol. The van der Waals surface area contributed by atoms with Gasteiger partial charge in [0.15, 0.2) is 0 Å². The van der Waals surface area contributed by atoms with Crippen molar-refractivity contribution >= 4 is 17.7 Å². The van der Waals surface area contributed by atoms with Crippen LogP contribution in [0.1, 0.15) is 30.2 Å². The average molecular weight is 305 g/mol. The molecule has 0 saturated carbocycles. The van der Waals surface area contributed by atoms with Gasteiger partial charge in [0.25, 0.3) is 0 Å². The van der Waals surface area contributed by atoms with Gasteiger partial charge in [0.1, 0.15) is 0 Å². The van der Waals surface area contributed by atoms with Crippen molar-refractivity contribution in [3.8, 4) is 0 Å². The third kappa shape index (κ3) is 4.44. The van der Waals surface area contributed by atoms with E-state index in [1.807, 2.05) is 6.92 Å². The second kappa shape index (κ2) is 6.52. The Morgan fingerprint density at radius 1 is 1.15 bits per heavy atom. The Morgan fingerprint density at radius 3 is 2.05 bits per heavy atom. The van der Waals surface area contributed by atoms with Crippen LogP contribution in [0.4, 0.5) is 13.2 Å². The Balaban J connectivity index is 2.73. The largest absolute Gasteiger partial charge is 0.416 e. The van der Waals surface area contributed by atoms with E-state index in [1.165, 1.54) is 28.8 Å². The van der Waals surface area contributed by atoms with Crippen LogP contribution in [-0.4, -0.2) is 30.2 Å². The van der Waals surface area contributed by atoms with Gasteiger partial charge >= 0.3 is 6.18 Å². The zero-order valence-corrected chi connectivity index (χ0v) is 12.7. The fourth-order valence-corrected chi connectivity index (χ4v) is 3.00. The zero-order chi connectivity index (χ0) is 15.5. The number of hydrogen-bond acceptors (Lipinski definition) is 2. The van der Waals surface area contributed by atoms with E-state index in [0.29, 0.717) is 0 Å². The molecule has 0 aliphatic heterocycles. The number of amides is 1. The Labute approximate surface area is 121 Å². The number of carbonyl (C=O) groups excluding carboxylic acids is 1. The van der Waals surface area contributed by atoms with Crippen molar-refractivity contribution in [1.82, 2.24) is 4.90 Å². The lowest BCUT2D eigenvalue weighted by Crippen LogP contribution is -2.30. The summed E-state index contributed by atoms with van der Waals surface area (Å²) < 4.78 is 37.4. The number of rotatable bonds is 4. The Kier molecular flexibility index (Phi) is 5.50. The van der Waals surface area contributed by atoms with Crippen molar-refractivity contribution in [2.45, 2.75) is 30.5 Å². The molecule has 0 aliphatic carbocycles. The number of hydrogen-bond donors (Lipinski definition) is 0. The highest BCUT2D eigenvalue weighted by molar-refractivity contribution is 8.00. The first kappa shape index (κ1) is 16.9. The molecule has 0 fully saturated rings. The summed E-state index contributed by atoms with van der Waals surface area (Å²) in [5.41, 5.74) is 0.122. The Bertz CT molecular complexity index is 456. The molecule has 0 radical (unpaired) electrons. The van der Waals surface area contributed by atoms with E-state index in [0.717, 1.165) is 17.7 Å². The molecule has 0 aliphatic rings. The molecule has 0 aromatic heterocycles. The van der Waals surface area contributed by atoms with Crippen LogP contribution in [0, 0.1) is 0 Å². The Morgan fingerprint density at radius 2 is 1.65 bits per heavy atom. The standard InChI is InChI=1S/C14H18F3NOS/c1-9(20-10(2)13(19)18(3)4)11-5-7-12(8-6-11)14(15,16)17/h5-10H,1-4H3/t9-,10+/m0/s1. The molecule has 112 valence electrons. The summed E-state index contributed by atoms with van der Waals surface area (Å²) in [6, 6.07) is 5.08. The van der Waals surface area contributed by atoms with Gasteiger partial charge in [0.2, 0.25) is 5.91 Å². The summed E-state index contributed by atoms with van der Waals surface area (Å²) >= 11 is 1.43. The third-order valence-electron chi connectivity index (χ3n) is 2.90. The average Bonchev–Trinajstić information content (AvgIpc) is 2.36. The minimum atomic E-state index is -4.32. The summed E-state index contributed by atoms with van der Waals surface area (Å²) in [4.78, 5) is 13.3. The van der Waals surface area contributed by atoms with E-state index >= 15 is 0 Å².